The highest BCUT2D eigenvalue weighted by Gasteiger charge is 2.09. The molecule has 1 aromatic rings. The van der Waals surface area contributed by atoms with Crippen molar-refractivity contribution in [2.75, 3.05) is 34.4 Å². The first kappa shape index (κ1) is 15.0. The minimum atomic E-state index is 0.650. The molecule has 0 aliphatic rings. The highest BCUT2D eigenvalue weighted by molar-refractivity contribution is 5.28. The Balaban J connectivity index is 2.52. The molecule has 1 aromatic carbocycles. The number of benzene rings is 1. The van der Waals surface area contributed by atoms with E-state index in [2.05, 4.69) is 23.5 Å². The van der Waals surface area contributed by atoms with E-state index in [1.807, 2.05) is 13.1 Å². The monoisotopic (exact) mass is 251 g/mol. The summed E-state index contributed by atoms with van der Waals surface area (Å²) in [5.41, 5.74) is 1.34. The van der Waals surface area contributed by atoms with Crippen molar-refractivity contribution in [3.05, 3.63) is 29.8 Å². The van der Waals surface area contributed by atoms with Gasteiger partial charge in [0.2, 0.25) is 0 Å². The van der Waals surface area contributed by atoms with Crippen LogP contribution in [0.5, 0.6) is 5.75 Å². The molecule has 0 heterocycles. The minimum Gasteiger partial charge on any atom is -0.497 e. The fourth-order valence-corrected chi connectivity index (χ4v) is 2.21. The second kappa shape index (κ2) is 8.95. The fourth-order valence-electron chi connectivity index (χ4n) is 2.21. The largest absolute Gasteiger partial charge is 0.497 e. The number of nitrogens with one attached hydrogen (secondary N) is 1. The second-order valence-corrected chi connectivity index (χ2v) is 4.61. The number of hydrogen-bond acceptors (Lipinski definition) is 3. The SMILES string of the molecule is CNCC(CCCOC)Cc1cccc(OC)c1. The van der Waals surface area contributed by atoms with Crippen molar-refractivity contribution in [1.29, 1.82) is 0 Å². The third kappa shape index (κ3) is 5.52. The van der Waals surface area contributed by atoms with Gasteiger partial charge in [-0.2, -0.15) is 0 Å². The van der Waals surface area contributed by atoms with Gasteiger partial charge >= 0.3 is 0 Å². The van der Waals surface area contributed by atoms with Crippen LogP contribution in [0.1, 0.15) is 18.4 Å². The summed E-state index contributed by atoms with van der Waals surface area (Å²) >= 11 is 0. The molecule has 0 saturated carbocycles. The van der Waals surface area contributed by atoms with E-state index in [0.717, 1.165) is 31.7 Å². The number of methoxy groups -OCH3 is 2. The normalized spacial score (nSPS) is 12.4. The number of rotatable bonds is 9. The summed E-state index contributed by atoms with van der Waals surface area (Å²) in [6.07, 6.45) is 3.39. The Labute approximate surface area is 110 Å². The van der Waals surface area contributed by atoms with Gasteiger partial charge in [0.05, 0.1) is 7.11 Å². The zero-order valence-corrected chi connectivity index (χ0v) is 11.7. The molecule has 0 bridgehead atoms. The first-order valence-electron chi connectivity index (χ1n) is 6.56. The third-order valence-electron chi connectivity index (χ3n) is 3.11. The highest BCUT2D eigenvalue weighted by Crippen LogP contribution is 2.18. The van der Waals surface area contributed by atoms with E-state index in [1.54, 1.807) is 14.2 Å². The van der Waals surface area contributed by atoms with Crippen molar-refractivity contribution in [2.24, 2.45) is 5.92 Å². The van der Waals surface area contributed by atoms with Crippen molar-refractivity contribution in [1.82, 2.24) is 5.32 Å². The van der Waals surface area contributed by atoms with Crippen LogP contribution in [0.3, 0.4) is 0 Å². The lowest BCUT2D eigenvalue weighted by Gasteiger charge is -2.16. The zero-order valence-electron chi connectivity index (χ0n) is 11.7. The van der Waals surface area contributed by atoms with Crippen LogP contribution in [0.2, 0.25) is 0 Å². The summed E-state index contributed by atoms with van der Waals surface area (Å²) in [5, 5.41) is 3.27. The van der Waals surface area contributed by atoms with Gasteiger partial charge in [-0.05, 0) is 56.5 Å². The van der Waals surface area contributed by atoms with Crippen LogP contribution >= 0.6 is 0 Å². The lowest BCUT2D eigenvalue weighted by molar-refractivity contribution is 0.186. The zero-order chi connectivity index (χ0) is 13.2. The smallest absolute Gasteiger partial charge is 0.119 e. The van der Waals surface area contributed by atoms with E-state index < -0.39 is 0 Å². The first-order chi connectivity index (χ1) is 8.80. The Hall–Kier alpha value is -1.06. The minimum absolute atomic E-state index is 0.650. The van der Waals surface area contributed by atoms with Crippen molar-refractivity contribution in [3.8, 4) is 5.75 Å². The number of hydrogen-bond donors (Lipinski definition) is 1. The molecular formula is C15H25NO2. The summed E-state index contributed by atoms with van der Waals surface area (Å²) in [4.78, 5) is 0. The summed E-state index contributed by atoms with van der Waals surface area (Å²) in [6.45, 7) is 1.89. The lowest BCUT2D eigenvalue weighted by Crippen LogP contribution is -2.21. The molecule has 18 heavy (non-hydrogen) atoms. The van der Waals surface area contributed by atoms with Crippen LogP contribution < -0.4 is 10.1 Å². The molecule has 0 aliphatic carbocycles. The molecule has 0 amide bonds. The Morgan fingerprint density at radius 2 is 2.11 bits per heavy atom. The lowest BCUT2D eigenvalue weighted by atomic mass is 9.94. The molecule has 0 spiro atoms. The Bertz CT molecular complexity index is 328. The van der Waals surface area contributed by atoms with Gasteiger partial charge in [0, 0.05) is 13.7 Å². The molecule has 1 rings (SSSR count). The summed E-state index contributed by atoms with van der Waals surface area (Å²) in [6, 6.07) is 8.34. The van der Waals surface area contributed by atoms with Crippen LogP contribution in [0.25, 0.3) is 0 Å². The van der Waals surface area contributed by atoms with Crippen LogP contribution in [0.15, 0.2) is 24.3 Å². The van der Waals surface area contributed by atoms with E-state index in [-0.39, 0.29) is 0 Å². The van der Waals surface area contributed by atoms with E-state index >= 15 is 0 Å². The molecule has 0 aromatic heterocycles. The maximum absolute atomic E-state index is 5.26. The van der Waals surface area contributed by atoms with Gasteiger partial charge < -0.3 is 14.8 Å². The van der Waals surface area contributed by atoms with E-state index in [0.29, 0.717) is 5.92 Å². The Kier molecular flexibility index (Phi) is 7.46. The van der Waals surface area contributed by atoms with Crippen molar-refractivity contribution >= 4 is 0 Å². The highest BCUT2D eigenvalue weighted by atomic mass is 16.5. The predicted octanol–water partition coefficient (Wildman–Crippen LogP) is 2.50. The fraction of sp³-hybridized carbons (Fsp3) is 0.600. The molecule has 0 radical (unpaired) electrons. The number of ether oxygens (including phenoxy) is 2. The third-order valence-corrected chi connectivity index (χ3v) is 3.11. The molecule has 0 fully saturated rings. The van der Waals surface area contributed by atoms with Crippen LogP contribution in [0, 0.1) is 5.92 Å². The standard InChI is InChI=1S/C15H25NO2/c1-16-12-14(7-5-9-17-2)10-13-6-4-8-15(11-13)18-3/h4,6,8,11,14,16H,5,7,9-10,12H2,1-3H3. The summed E-state index contributed by atoms with van der Waals surface area (Å²) < 4.78 is 10.4. The molecule has 3 heteroatoms. The maximum atomic E-state index is 5.26. The van der Waals surface area contributed by atoms with E-state index in [9.17, 15) is 0 Å². The molecule has 3 nitrogen and oxygen atoms in total. The average Bonchev–Trinajstić information content (AvgIpc) is 2.39. The summed E-state index contributed by atoms with van der Waals surface area (Å²) in [5.74, 6) is 1.59. The molecule has 0 saturated heterocycles. The topological polar surface area (TPSA) is 30.5 Å². The maximum Gasteiger partial charge on any atom is 0.119 e. The van der Waals surface area contributed by atoms with E-state index in [1.165, 1.54) is 12.0 Å². The molecule has 1 N–H and O–H groups in total. The Morgan fingerprint density at radius 1 is 1.28 bits per heavy atom. The van der Waals surface area contributed by atoms with Crippen LogP contribution in [0.4, 0.5) is 0 Å². The van der Waals surface area contributed by atoms with Crippen LogP contribution in [-0.2, 0) is 11.2 Å². The van der Waals surface area contributed by atoms with Gasteiger partial charge in [-0.3, -0.25) is 0 Å². The quantitative estimate of drug-likeness (QED) is 0.684. The van der Waals surface area contributed by atoms with Crippen LogP contribution in [-0.4, -0.2) is 34.4 Å². The molecule has 102 valence electrons. The molecule has 0 aliphatic heterocycles. The first-order valence-corrected chi connectivity index (χ1v) is 6.56. The summed E-state index contributed by atoms with van der Waals surface area (Å²) in [7, 11) is 5.48. The van der Waals surface area contributed by atoms with Gasteiger partial charge in [-0.1, -0.05) is 12.1 Å². The molecular weight excluding hydrogens is 226 g/mol. The molecule has 1 unspecified atom stereocenters. The second-order valence-electron chi connectivity index (χ2n) is 4.61. The Morgan fingerprint density at radius 3 is 2.78 bits per heavy atom. The van der Waals surface area contributed by atoms with Crippen molar-refractivity contribution in [3.63, 3.8) is 0 Å². The molecule has 1 atom stereocenters. The van der Waals surface area contributed by atoms with Gasteiger partial charge in [0.1, 0.15) is 5.75 Å². The van der Waals surface area contributed by atoms with Crippen molar-refractivity contribution in [2.45, 2.75) is 19.3 Å². The average molecular weight is 251 g/mol. The predicted molar refractivity (Wildman–Crippen MR) is 75.2 cm³/mol. The van der Waals surface area contributed by atoms with Gasteiger partial charge in [0.15, 0.2) is 0 Å². The van der Waals surface area contributed by atoms with Gasteiger partial charge in [-0.15, -0.1) is 0 Å². The van der Waals surface area contributed by atoms with E-state index in [4.69, 9.17) is 9.47 Å². The van der Waals surface area contributed by atoms with Crippen molar-refractivity contribution < 1.29 is 9.47 Å². The van der Waals surface area contributed by atoms with Gasteiger partial charge in [0.25, 0.3) is 0 Å². The van der Waals surface area contributed by atoms with Gasteiger partial charge in [-0.25, -0.2) is 0 Å².